The summed E-state index contributed by atoms with van der Waals surface area (Å²) in [5, 5.41) is 21.3. The average Bonchev–Trinajstić information content (AvgIpc) is 2.96. The molecule has 0 atom stereocenters. The number of benzene rings is 2. The third-order valence-electron chi connectivity index (χ3n) is 4.07. The van der Waals surface area contributed by atoms with E-state index in [1.165, 1.54) is 0 Å². The molecule has 3 aromatic rings. The summed E-state index contributed by atoms with van der Waals surface area (Å²) in [5.74, 6) is -1.02. The molecule has 2 aromatic carbocycles. The monoisotopic (exact) mass is 364 g/mol. The van der Waals surface area contributed by atoms with E-state index in [1.54, 1.807) is 34.9 Å². The lowest BCUT2D eigenvalue weighted by Gasteiger charge is -2.10. The van der Waals surface area contributed by atoms with Gasteiger partial charge >= 0.3 is 0 Å². The summed E-state index contributed by atoms with van der Waals surface area (Å²) < 4.78 is 1.73. The molecule has 0 fully saturated rings. The third kappa shape index (κ3) is 3.87. The number of aromatic nitrogens is 1. The zero-order valence-electron chi connectivity index (χ0n) is 15.1. The van der Waals surface area contributed by atoms with Crippen molar-refractivity contribution >= 4 is 28.4 Å². The maximum Gasteiger partial charge on any atom is 0.283 e. The first-order chi connectivity index (χ1) is 13.0. The highest BCUT2D eigenvalue weighted by Gasteiger charge is 2.18. The van der Waals surface area contributed by atoms with Crippen molar-refractivity contribution in [2.45, 2.75) is 19.9 Å². The molecular weight excluding hydrogens is 344 g/mol. The summed E-state index contributed by atoms with van der Waals surface area (Å²) in [4.78, 5) is 23.9. The van der Waals surface area contributed by atoms with E-state index in [9.17, 15) is 14.7 Å². The molecule has 27 heavy (non-hydrogen) atoms. The predicted molar refractivity (Wildman–Crippen MR) is 102 cm³/mol. The molecule has 0 radical (unpaired) electrons. The molecule has 2 N–H and O–H groups in total. The second-order valence-corrected chi connectivity index (χ2v) is 6.30. The summed E-state index contributed by atoms with van der Waals surface area (Å²) in [6, 6.07) is 16.0. The number of carbonyl (C=O) groups excluding carboxylic acids is 2. The van der Waals surface area contributed by atoms with Crippen LogP contribution in [0.3, 0.4) is 0 Å². The summed E-state index contributed by atoms with van der Waals surface area (Å²) in [6.07, 6.45) is 0. The predicted octanol–water partition coefficient (Wildman–Crippen LogP) is 3.97. The van der Waals surface area contributed by atoms with Crippen molar-refractivity contribution in [3.05, 3.63) is 60.2 Å². The van der Waals surface area contributed by atoms with Gasteiger partial charge in [0.2, 0.25) is 5.88 Å². The van der Waals surface area contributed by atoms with E-state index >= 15 is 0 Å². The minimum atomic E-state index is -0.611. The number of hydrogen-bond donors (Lipinski definition) is 2. The van der Waals surface area contributed by atoms with Crippen molar-refractivity contribution in [2.75, 3.05) is 6.54 Å². The van der Waals surface area contributed by atoms with Gasteiger partial charge in [-0.1, -0.05) is 36.4 Å². The SMILES string of the molecule is CC(C)n1c(O)c(N=NC(=O)CNC(=O)c2ccccc2)c2ccccc21. The fourth-order valence-corrected chi connectivity index (χ4v) is 2.84. The molecule has 7 nitrogen and oxygen atoms in total. The van der Waals surface area contributed by atoms with Gasteiger partial charge < -0.3 is 15.0 Å². The second kappa shape index (κ2) is 7.82. The number of azo groups is 1. The molecule has 2 amide bonds. The van der Waals surface area contributed by atoms with Crippen LogP contribution in [0.1, 0.15) is 30.2 Å². The van der Waals surface area contributed by atoms with Crippen molar-refractivity contribution in [1.29, 1.82) is 0 Å². The Kier molecular flexibility index (Phi) is 5.30. The zero-order chi connectivity index (χ0) is 19.4. The molecule has 0 saturated carbocycles. The van der Waals surface area contributed by atoms with E-state index in [4.69, 9.17) is 0 Å². The van der Waals surface area contributed by atoms with Crippen molar-refractivity contribution in [3.8, 4) is 5.88 Å². The average molecular weight is 364 g/mol. The molecule has 0 saturated heterocycles. The smallest absolute Gasteiger partial charge is 0.283 e. The highest BCUT2D eigenvalue weighted by atomic mass is 16.3. The quantitative estimate of drug-likeness (QED) is 0.671. The van der Waals surface area contributed by atoms with Crippen LogP contribution in [-0.4, -0.2) is 28.0 Å². The van der Waals surface area contributed by atoms with Gasteiger partial charge in [-0.2, -0.15) is 0 Å². The Hall–Kier alpha value is -3.48. The van der Waals surface area contributed by atoms with Gasteiger partial charge in [0.05, 0.1) is 5.52 Å². The van der Waals surface area contributed by atoms with E-state index in [0.29, 0.717) is 10.9 Å². The lowest BCUT2D eigenvalue weighted by atomic mass is 10.2. The number of rotatable bonds is 5. The fourth-order valence-electron chi connectivity index (χ4n) is 2.84. The van der Waals surface area contributed by atoms with Crippen LogP contribution in [0.4, 0.5) is 5.69 Å². The van der Waals surface area contributed by atoms with Crippen LogP contribution in [0.2, 0.25) is 0 Å². The summed E-state index contributed by atoms with van der Waals surface area (Å²) in [5.41, 5.74) is 1.51. The van der Waals surface area contributed by atoms with Crippen LogP contribution in [-0.2, 0) is 4.79 Å². The van der Waals surface area contributed by atoms with Crippen LogP contribution in [0, 0.1) is 0 Å². The number of carbonyl (C=O) groups is 2. The largest absolute Gasteiger partial charge is 0.493 e. The molecule has 0 aliphatic carbocycles. The van der Waals surface area contributed by atoms with Gasteiger partial charge in [-0.05, 0) is 32.0 Å². The highest BCUT2D eigenvalue weighted by Crippen LogP contribution is 2.40. The number of nitrogens with one attached hydrogen (secondary N) is 1. The van der Waals surface area contributed by atoms with Crippen LogP contribution in [0.15, 0.2) is 64.8 Å². The van der Waals surface area contributed by atoms with E-state index in [1.807, 2.05) is 38.1 Å². The van der Waals surface area contributed by atoms with Crippen LogP contribution < -0.4 is 5.32 Å². The molecule has 1 heterocycles. The number of para-hydroxylation sites is 1. The molecule has 0 spiro atoms. The van der Waals surface area contributed by atoms with Crippen LogP contribution in [0.25, 0.3) is 10.9 Å². The lowest BCUT2D eigenvalue weighted by molar-refractivity contribution is -0.117. The Morgan fingerprint density at radius 2 is 1.74 bits per heavy atom. The Bertz CT molecular complexity index is 1010. The maximum atomic E-state index is 12.0. The Labute approximate surface area is 156 Å². The van der Waals surface area contributed by atoms with E-state index in [0.717, 1.165) is 5.52 Å². The number of hydrogen-bond acceptors (Lipinski definition) is 4. The number of nitrogens with zero attached hydrogens (tertiary/aromatic N) is 3. The topological polar surface area (TPSA) is 96.0 Å². The number of fused-ring (bicyclic) bond motifs is 1. The third-order valence-corrected chi connectivity index (χ3v) is 4.07. The lowest BCUT2D eigenvalue weighted by Crippen LogP contribution is -2.28. The van der Waals surface area contributed by atoms with Crippen molar-refractivity contribution in [3.63, 3.8) is 0 Å². The molecule has 0 aliphatic heterocycles. The van der Waals surface area contributed by atoms with Gasteiger partial charge in [-0.25, -0.2) is 0 Å². The normalized spacial score (nSPS) is 11.4. The Balaban J connectivity index is 1.75. The maximum absolute atomic E-state index is 12.0. The van der Waals surface area contributed by atoms with Crippen LogP contribution >= 0.6 is 0 Å². The molecule has 0 aliphatic rings. The van der Waals surface area contributed by atoms with Gasteiger partial charge in [0.25, 0.3) is 11.8 Å². The first-order valence-corrected chi connectivity index (χ1v) is 8.58. The Morgan fingerprint density at radius 3 is 2.44 bits per heavy atom. The van der Waals surface area contributed by atoms with E-state index in [-0.39, 0.29) is 30.1 Å². The van der Waals surface area contributed by atoms with Gasteiger partial charge in [0, 0.05) is 17.0 Å². The van der Waals surface area contributed by atoms with Crippen molar-refractivity contribution < 1.29 is 14.7 Å². The molecule has 7 heteroatoms. The van der Waals surface area contributed by atoms with Crippen molar-refractivity contribution in [1.82, 2.24) is 9.88 Å². The molecule has 138 valence electrons. The number of aromatic hydroxyl groups is 1. The molecule has 1 aromatic heterocycles. The minimum absolute atomic E-state index is 0.0136. The molecule has 3 rings (SSSR count). The standard InChI is InChI=1S/C20H20N4O3/c1-13(2)24-16-11-7-6-10-15(16)18(20(24)27)23-22-17(25)12-21-19(26)14-8-4-3-5-9-14/h3-11,13,27H,12H2,1-2H3,(H,21,26). The minimum Gasteiger partial charge on any atom is -0.493 e. The first kappa shape index (κ1) is 18.3. The number of amides is 2. The van der Waals surface area contributed by atoms with Gasteiger partial charge in [-0.3, -0.25) is 9.59 Å². The van der Waals surface area contributed by atoms with E-state index in [2.05, 4.69) is 15.5 Å². The van der Waals surface area contributed by atoms with Crippen molar-refractivity contribution in [2.24, 2.45) is 10.2 Å². The molecule has 0 bridgehead atoms. The molecular formula is C20H20N4O3. The van der Waals surface area contributed by atoms with Crippen LogP contribution in [0.5, 0.6) is 5.88 Å². The summed E-state index contributed by atoms with van der Waals surface area (Å²) in [7, 11) is 0. The van der Waals surface area contributed by atoms with Gasteiger partial charge in [0.15, 0.2) is 5.69 Å². The second-order valence-electron chi connectivity index (χ2n) is 6.30. The van der Waals surface area contributed by atoms with Gasteiger partial charge in [0.1, 0.15) is 6.54 Å². The highest BCUT2D eigenvalue weighted by molar-refractivity contribution is 5.97. The summed E-state index contributed by atoms with van der Waals surface area (Å²) >= 11 is 0. The summed E-state index contributed by atoms with van der Waals surface area (Å²) in [6.45, 7) is 3.61. The Morgan fingerprint density at radius 1 is 1.07 bits per heavy atom. The fraction of sp³-hybridized carbons (Fsp3) is 0.200. The zero-order valence-corrected chi connectivity index (χ0v) is 15.1. The van der Waals surface area contributed by atoms with Gasteiger partial charge in [-0.15, -0.1) is 10.2 Å². The first-order valence-electron chi connectivity index (χ1n) is 8.58. The van der Waals surface area contributed by atoms with E-state index < -0.39 is 5.91 Å². The molecule has 0 unspecified atom stereocenters.